The molecule has 0 spiro atoms. The SMILES string of the molecule is CC(C)c1nnc(SCC(=O)N(C)Cc2ccco2)n1C1CC1. The number of nitrogens with zero attached hydrogens (tertiary/aromatic N) is 4. The Morgan fingerprint density at radius 1 is 1.48 bits per heavy atom. The normalized spacial score (nSPS) is 14.4. The van der Waals surface area contributed by atoms with E-state index in [2.05, 4.69) is 28.6 Å². The van der Waals surface area contributed by atoms with E-state index < -0.39 is 0 Å². The molecule has 1 fully saturated rings. The van der Waals surface area contributed by atoms with Crippen molar-refractivity contribution in [1.29, 1.82) is 0 Å². The molecule has 7 heteroatoms. The molecule has 3 rings (SSSR count). The van der Waals surface area contributed by atoms with Crippen LogP contribution in [-0.4, -0.2) is 38.4 Å². The average Bonchev–Trinajstić information content (AvgIpc) is 3.06. The Hall–Kier alpha value is -1.76. The van der Waals surface area contributed by atoms with Crippen molar-refractivity contribution in [2.75, 3.05) is 12.8 Å². The van der Waals surface area contributed by atoms with Crippen molar-refractivity contribution in [2.24, 2.45) is 0 Å². The lowest BCUT2D eigenvalue weighted by molar-refractivity contribution is -0.127. The average molecular weight is 334 g/mol. The van der Waals surface area contributed by atoms with Crippen molar-refractivity contribution in [3.05, 3.63) is 30.0 Å². The van der Waals surface area contributed by atoms with Gasteiger partial charge in [-0.05, 0) is 25.0 Å². The van der Waals surface area contributed by atoms with E-state index in [0.29, 0.717) is 24.3 Å². The number of hydrogen-bond acceptors (Lipinski definition) is 5. The molecule has 2 aromatic rings. The summed E-state index contributed by atoms with van der Waals surface area (Å²) >= 11 is 1.47. The molecule has 0 N–H and O–H groups in total. The number of aromatic nitrogens is 3. The van der Waals surface area contributed by atoms with Gasteiger partial charge in [0, 0.05) is 19.0 Å². The monoisotopic (exact) mass is 334 g/mol. The first-order valence-electron chi connectivity index (χ1n) is 7.90. The zero-order valence-electron chi connectivity index (χ0n) is 13.7. The van der Waals surface area contributed by atoms with Crippen molar-refractivity contribution in [1.82, 2.24) is 19.7 Å². The number of rotatable bonds is 7. The van der Waals surface area contributed by atoms with E-state index in [9.17, 15) is 4.79 Å². The maximum absolute atomic E-state index is 12.3. The molecule has 124 valence electrons. The van der Waals surface area contributed by atoms with Crippen LogP contribution in [0.4, 0.5) is 0 Å². The van der Waals surface area contributed by atoms with Crippen LogP contribution in [0.15, 0.2) is 28.0 Å². The van der Waals surface area contributed by atoms with E-state index in [1.165, 1.54) is 24.6 Å². The summed E-state index contributed by atoms with van der Waals surface area (Å²) in [5, 5.41) is 9.46. The van der Waals surface area contributed by atoms with Gasteiger partial charge in [0.1, 0.15) is 11.6 Å². The van der Waals surface area contributed by atoms with Gasteiger partial charge in [-0.25, -0.2) is 0 Å². The van der Waals surface area contributed by atoms with Gasteiger partial charge in [0.25, 0.3) is 0 Å². The molecule has 0 saturated heterocycles. The van der Waals surface area contributed by atoms with Crippen LogP contribution in [0.25, 0.3) is 0 Å². The first-order chi connectivity index (χ1) is 11.1. The third kappa shape index (κ3) is 3.77. The quantitative estimate of drug-likeness (QED) is 0.728. The zero-order chi connectivity index (χ0) is 16.4. The van der Waals surface area contributed by atoms with E-state index in [1.807, 2.05) is 12.1 Å². The number of amides is 1. The molecule has 1 aliphatic rings. The minimum Gasteiger partial charge on any atom is -0.467 e. The summed E-state index contributed by atoms with van der Waals surface area (Å²) in [6, 6.07) is 4.21. The first kappa shape index (κ1) is 16.1. The van der Waals surface area contributed by atoms with E-state index in [0.717, 1.165) is 16.7 Å². The second kappa shape index (κ2) is 6.78. The van der Waals surface area contributed by atoms with Crippen LogP contribution in [0, 0.1) is 0 Å². The van der Waals surface area contributed by atoms with Crippen molar-refractivity contribution in [3.8, 4) is 0 Å². The summed E-state index contributed by atoms with van der Waals surface area (Å²) in [7, 11) is 1.79. The van der Waals surface area contributed by atoms with Gasteiger partial charge in [-0.2, -0.15) is 0 Å². The van der Waals surface area contributed by atoms with Crippen LogP contribution in [0.1, 0.15) is 50.2 Å². The lowest BCUT2D eigenvalue weighted by Gasteiger charge is -2.15. The Labute approximate surface area is 140 Å². The maximum Gasteiger partial charge on any atom is 0.233 e. The van der Waals surface area contributed by atoms with Crippen molar-refractivity contribution >= 4 is 17.7 Å². The molecule has 0 atom stereocenters. The molecular weight excluding hydrogens is 312 g/mol. The topological polar surface area (TPSA) is 64.2 Å². The minimum absolute atomic E-state index is 0.0582. The van der Waals surface area contributed by atoms with E-state index in [1.54, 1.807) is 18.2 Å². The second-order valence-electron chi connectivity index (χ2n) is 6.21. The van der Waals surface area contributed by atoms with Gasteiger partial charge < -0.3 is 13.9 Å². The van der Waals surface area contributed by atoms with Gasteiger partial charge in [0.15, 0.2) is 5.16 Å². The summed E-state index contributed by atoms with van der Waals surface area (Å²) in [6.07, 6.45) is 3.98. The Morgan fingerprint density at radius 3 is 2.87 bits per heavy atom. The molecule has 0 aliphatic heterocycles. The van der Waals surface area contributed by atoms with Crippen molar-refractivity contribution in [3.63, 3.8) is 0 Å². The Kier molecular flexibility index (Phi) is 4.75. The van der Waals surface area contributed by atoms with E-state index >= 15 is 0 Å². The van der Waals surface area contributed by atoms with Crippen LogP contribution < -0.4 is 0 Å². The van der Waals surface area contributed by atoms with Crippen LogP contribution in [0.2, 0.25) is 0 Å². The van der Waals surface area contributed by atoms with Crippen molar-refractivity contribution < 1.29 is 9.21 Å². The van der Waals surface area contributed by atoms with Gasteiger partial charge in [0.2, 0.25) is 5.91 Å². The molecule has 1 saturated carbocycles. The number of hydrogen-bond donors (Lipinski definition) is 0. The molecule has 23 heavy (non-hydrogen) atoms. The van der Waals surface area contributed by atoms with E-state index in [-0.39, 0.29) is 5.91 Å². The zero-order valence-corrected chi connectivity index (χ0v) is 14.5. The van der Waals surface area contributed by atoms with Gasteiger partial charge in [-0.3, -0.25) is 4.79 Å². The second-order valence-corrected chi connectivity index (χ2v) is 7.16. The van der Waals surface area contributed by atoms with Gasteiger partial charge in [-0.1, -0.05) is 25.6 Å². The summed E-state index contributed by atoms with van der Waals surface area (Å²) < 4.78 is 7.50. The third-order valence-electron chi connectivity index (χ3n) is 3.84. The smallest absolute Gasteiger partial charge is 0.233 e. The van der Waals surface area contributed by atoms with Crippen molar-refractivity contribution in [2.45, 2.75) is 50.4 Å². The molecule has 0 bridgehead atoms. The highest BCUT2D eigenvalue weighted by molar-refractivity contribution is 7.99. The maximum atomic E-state index is 12.3. The molecule has 0 aromatic carbocycles. The fourth-order valence-corrected chi connectivity index (χ4v) is 3.37. The summed E-state index contributed by atoms with van der Waals surface area (Å²) in [5.41, 5.74) is 0. The van der Waals surface area contributed by atoms with E-state index in [4.69, 9.17) is 4.42 Å². The summed E-state index contributed by atoms with van der Waals surface area (Å²) in [5.74, 6) is 2.57. The highest BCUT2D eigenvalue weighted by atomic mass is 32.2. The Morgan fingerprint density at radius 2 is 2.26 bits per heavy atom. The van der Waals surface area contributed by atoms with Crippen LogP contribution in [-0.2, 0) is 11.3 Å². The van der Waals surface area contributed by atoms with Crippen LogP contribution >= 0.6 is 11.8 Å². The minimum atomic E-state index is 0.0582. The molecule has 1 aliphatic carbocycles. The number of carbonyl (C=O) groups excluding carboxylic acids is 1. The molecule has 2 aromatic heterocycles. The lowest BCUT2D eigenvalue weighted by atomic mass is 10.2. The predicted molar refractivity (Wildman–Crippen MR) is 88.3 cm³/mol. The van der Waals surface area contributed by atoms with Gasteiger partial charge >= 0.3 is 0 Å². The first-order valence-corrected chi connectivity index (χ1v) is 8.88. The summed E-state index contributed by atoms with van der Waals surface area (Å²) in [4.78, 5) is 14.0. The molecular formula is C16H22N4O2S. The standard InChI is InChI=1S/C16H22N4O2S/c1-11(2)15-17-18-16(20(15)12-6-7-12)23-10-14(21)19(3)9-13-5-4-8-22-13/h4-5,8,11-12H,6-7,9-10H2,1-3H3. The molecule has 2 heterocycles. The van der Waals surface area contributed by atoms with Gasteiger partial charge in [-0.15, -0.1) is 10.2 Å². The summed E-state index contributed by atoms with van der Waals surface area (Å²) in [6.45, 7) is 4.73. The fourth-order valence-electron chi connectivity index (χ4n) is 2.42. The largest absolute Gasteiger partial charge is 0.467 e. The van der Waals surface area contributed by atoms with Crippen LogP contribution in [0.3, 0.4) is 0 Å². The molecule has 0 radical (unpaired) electrons. The number of furan rings is 1. The van der Waals surface area contributed by atoms with Crippen LogP contribution in [0.5, 0.6) is 0 Å². The highest BCUT2D eigenvalue weighted by Crippen LogP contribution is 2.40. The molecule has 0 unspecified atom stereocenters. The molecule has 1 amide bonds. The Balaban J connectivity index is 1.60. The molecule has 6 nitrogen and oxygen atoms in total. The van der Waals surface area contributed by atoms with Gasteiger partial charge in [0.05, 0.1) is 18.6 Å². The number of carbonyl (C=O) groups is 1. The highest BCUT2D eigenvalue weighted by Gasteiger charge is 2.30. The Bertz CT molecular complexity index is 662. The fraction of sp³-hybridized carbons (Fsp3) is 0.562. The third-order valence-corrected chi connectivity index (χ3v) is 4.77. The predicted octanol–water partition coefficient (Wildman–Crippen LogP) is 3.08. The lowest BCUT2D eigenvalue weighted by Crippen LogP contribution is -2.27. The number of thioether (sulfide) groups is 1.